The first-order valence-corrected chi connectivity index (χ1v) is 6.26. The van der Waals surface area contributed by atoms with Gasteiger partial charge in [-0.3, -0.25) is 4.79 Å². The minimum Gasteiger partial charge on any atom is -0.349 e. The van der Waals surface area contributed by atoms with Gasteiger partial charge in [-0.15, -0.1) is 0 Å². The summed E-state index contributed by atoms with van der Waals surface area (Å²) < 4.78 is 0.736. The first kappa shape index (κ1) is 13.2. The van der Waals surface area contributed by atoms with E-state index in [4.69, 9.17) is 0 Å². The lowest BCUT2D eigenvalue weighted by molar-refractivity contribution is 0.0924. The highest BCUT2D eigenvalue weighted by Crippen LogP contribution is 2.09. The Morgan fingerprint density at radius 2 is 2.19 bits per heavy atom. The third-order valence-corrected chi connectivity index (χ3v) is 3.02. The molecule has 3 nitrogen and oxygen atoms in total. The number of rotatable bonds is 4. The number of amides is 1. The van der Waals surface area contributed by atoms with Gasteiger partial charge in [0, 0.05) is 12.2 Å². The lowest BCUT2D eigenvalue weighted by atomic mass is 10.0. The summed E-state index contributed by atoms with van der Waals surface area (Å²) in [5.74, 6) is 0.387. The van der Waals surface area contributed by atoms with E-state index in [-0.39, 0.29) is 11.9 Å². The highest BCUT2D eigenvalue weighted by molar-refractivity contribution is 9.10. The maximum atomic E-state index is 11.9. The maximum Gasteiger partial charge on any atom is 0.253 e. The van der Waals surface area contributed by atoms with Gasteiger partial charge in [-0.1, -0.05) is 20.8 Å². The molecule has 0 aliphatic rings. The van der Waals surface area contributed by atoms with Gasteiger partial charge in [0.2, 0.25) is 0 Å². The molecule has 1 atom stereocenters. The van der Waals surface area contributed by atoms with E-state index in [9.17, 15) is 4.79 Å². The molecule has 0 aromatic carbocycles. The van der Waals surface area contributed by atoms with Crippen LogP contribution in [0.5, 0.6) is 0 Å². The molecule has 4 heteroatoms. The summed E-state index contributed by atoms with van der Waals surface area (Å²) in [6.07, 6.45) is 2.51. The van der Waals surface area contributed by atoms with Crippen molar-refractivity contribution in [2.24, 2.45) is 5.92 Å². The van der Waals surface area contributed by atoms with Gasteiger partial charge in [-0.25, -0.2) is 4.98 Å². The Bertz CT molecular complexity index is 349. The van der Waals surface area contributed by atoms with E-state index in [0.717, 1.165) is 11.0 Å². The van der Waals surface area contributed by atoms with Crippen LogP contribution in [0, 0.1) is 5.92 Å². The minimum absolute atomic E-state index is 0.0550. The molecule has 0 fully saturated rings. The molecule has 88 valence electrons. The summed E-state index contributed by atoms with van der Waals surface area (Å²) in [7, 11) is 0. The van der Waals surface area contributed by atoms with Gasteiger partial charge in [0.15, 0.2) is 0 Å². The number of nitrogens with zero attached hydrogens (tertiary/aromatic N) is 1. The zero-order valence-electron chi connectivity index (χ0n) is 9.83. The second-order valence-corrected chi connectivity index (χ2v) is 4.91. The molecule has 0 saturated heterocycles. The topological polar surface area (TPSA) is 42.0 Å². The number of pyridine rings is 1. The predicted molar refractivity (Wildman–Crippen MR) is 68.3 cm³/mol. The Morgan fingerprint density at radius 3 is 2.62 bits per heavy atom. The standard InChI is InChI=1S/C12H17BrN2O/c1-4-10(8(2)3)15-12(16)9-5-6-11(13)14-7-9/h5-8,10H,4H2,1-3H3,(H,15,16). The largest absolute Gasteiger partial charge is 0.349 e. The molecule has 0 radical (unpaired) electrons. The van der Waals surface area contributed by atoms with Crippen molar-refractivity contribution in [2.75, 3.05) is 0 Å². The number of hydrogen-bond acceptors (Lipinski definition) is 2. The molecule has 0 saturated carbocycles. The fraction of sp³-hybridized carbons (Fsp3) is 0.500. The number of nitrogens with one attached hydrogen (secondary N) is 1. The SMILES string of the molecule is CCC(NC(=O)c1ccc(Br)nc1)C(C)C. The summed E-state index contributed by atoms with van der Waals surface area (Å²) >= 11 is 3.24. The van der Waals surface area contributed by atoms with E-state index >= 15 is 0 Å². The van der Waals surface area contributed by atoms with Crippen molar-refractivity contribution in [3.8, 4) is 0 Å². The smallest absolute Gasteiger partial charge is 0.253 e. The fourth-order valence-electron chi connectivity index (χ4n) is 1.50. The molecular formula is C12H17BrN2O. The van der Waals surface area contributed by atoms with Crippen molar-refractivity contribution in [1.29, 1.82) is 0 Å². The molecule has 16 heavy (non-hydrogen) atoms. The number of carbonyl (C=O) groups excluding carboxylic acids is 1. The molecule has 1 aromatic heterocycles. The van der Waals surface area contributed by atoms with E-state index in [1.165, 1.54) is 0 Å². The van der Waals surface area contributed by atoms with Crippen molar-refractivity contribution in [3.05, 3.63) is 28.5 Å². The van der Waals surface area contributed by atoms with Gasteiger partial charge >= 0.3 is 0 Å². The van der Waals surface area contributed by atoms with E-state index < -0.39 is 0 Å². The Balaban J connectivity index is 2.68. The van der Waals surface area contributed by atoms with E-state index in [1.54, 1.807) is 18.3 Å². The van der Waals surface area contributed by atoms with Crippen LogP contribution in [0.2, 0.25) is 0 Å². The highest BCUT2D eigenvalue weighted by atomic mass is 79.9. The van der Waals surface area contributed by atoms with Crippen LogP contribution in [-0.2, 0) is 0 Å². The molecule has 0 bridgehead atoms. The first-order valence-electron chi connectivity index (χ1n) is 5.47. The second kappa shape index (κ2) is 5.99. The van der Waals surface area contributed by atoms with Crippen molar-refractivity contribution >= 4 is 21.8 Å². The minimum atomic E-state index is -0.0550. The van der Waals surface area contributed by atoms with Crippen molar-refractivity contribution in [1.82, 2.24) is 10.3 Å². The van der Waals surface area contributed by atoms with E-state index in [2.05, 4.69) is 47.0 Å². The van der Waals surface area contributed by atoms with Gasteiger partial charge in [0.25, 0.3) is 5.91 Å². The summed E-state index contributed by atoms with van der Waals surface area (Å²) in [5, 5.41) is 3.01. The number of halogens is 1. The Kier molecular flexibility index (Phi) is 4.93. The van der Waals surface area contributed by atoms with Gasteiger partial charge < -0.3 is 5.32 Å². The Labute approximate surface area is 105 Å². The van der Waals surface area contributed by atoms with Crippen molar-refractivity contribution in [2.45, 2.75) is 33.2 Å². The molecule has 1 unspecified atom stereocenters. The van der Waals surface area contributed by atoms with Crippen LogP contribution in [0.3, 0.4) is 0 Å². The number of carbonyl (C=O) groups is 1. The molecular weight excluding hydrogens is 268 g/mol. The number of hydrogen-bond donors (Lipinski definition) is 1. The fourth-order valence-corrected chi connectivity index (χ4v) is 1.74. The average Bonchev–Trinajstić information content (AvgIpc) is 2.26. The van der Waals surface area contributed by atoms with E-state index in [1.807, 2.05) is 0 Å². The van der Waals surface area contributed by atoms with Gasteiger partial charge in [-0.05, 0) is 40.4 Å². The zero-order chi connectivity index (χ0) is 12.1. The molecule has 1 heterocycles. The van der Waals surface area contributed by atoms with Gasteiger partial charge in [0.05, 0.1) is 5.56 Å². The average molecular weight is 285 g/mol. The van der Waals surface area contributed by atoms with Crippen LogP contribution >= 0.6 is 15.9 Å². The quantitative estimate of drug-likeness (QED) is 0.864. The van der Waals surface area contributed by atoms with Crippen LogP contribution in [0.25, 0.3) is 0 Å². The molecule has 1 rings (SSSR count). The van der Waals surface area contributed by atoms with Crippen molar-refractivity contribution < 1.29 is 4.79 Å². The first-order chi connectivity index (χ1) is 7.54. The Morgan fingerprint density at radius 1 is 1.50 bits per heavy atom. The Hall–Kier alpha value is -0.900. The van der Waals surface area contributed by atoms with Crippen LogP contribution in [-0.4, -0.2) is 16.9 Å². The molecule has 0 aliphatic heterocycles. The lowest BCUT2D eigenvalue weighted by Crippen LogP contribution is -2.38. The van der Waals surface area contributed by atoms with Crippen LogP contribution in [0.1, 0.15) is 37.6 Å². The third-order valence-electron chi connectivity index (χ3n) is 2.55. The van der Waals surface area contributed by atoms with Crippen LogP contribution in [0.15, 0.2) is 22.9 Å². The summed E-state index contributed by atoms with van der Waals surface area (Å²) in [4.78, 5) is 15.9. The summed E-state index contributed by atoms with van der Waals surface area (Å²) in [6.45, 7) is 6.29. The van der Waals surface area contributed by atoms with Crippen LogP contribution in [0.4, 0.5) is 0 Å². The molecule has 1 N–H and O–H groups in total. The number of aromatic nitrogens is 1. The summed E-state index contributed by atoms with van der Waals surface area (Å²) in [6, 6.07) is 3.75. The predicted octanol–water partition coefficient (Wildman–Crippen LogP) is 3.01. The van der Waals surface area contributed by atoms with Gasteiger partial charge in [-0.2, -0.15) is 0 Å². The van der Waals surface area contributed by atoms with E-state index in [0.29, 0.717) is 11.5 Å². The summed E-state index contributed by atoms with van der Waals surface area (Å²) in [5.41, 5.74) is 0.599. The second-order valence-electron chi connectivity index (χ2n) is 4.10. The molecule has 1 amide bonds. The van der Waals surface area contributed by atoms with Gasteiger partial charge in [0.1, 0.15) is 4.60 Å². The highest BCUT2D eigenvalue weighted by Gasteiger charge is 2.15. The monoisotopic (exact) mass is 284 g/mol. The molecule has 0 spiro atoms. The van der Waals surface area contributed by atoms with Crippen LogP contribution < -0.4 is 5.32 Å². The molecule has 1 aromatic rings. The molecule has 0 aliphatic carbocycles. The normalized spacial score (nSPS) is 12.6. The zero-order valence-corrected chi connectivity index (χ0v) is 11.4. The third kappa shape index (κ3) is 3.59. The van der Waals surface area contributed by atoms with Crippen molar-refractivity contribution in [3.63, 3.8) is 0 Å². The maximum absolute atomic E-state index is 11.9. The lowest BCUT2D eigenvalue weighted by Gasteiger charge is -2.20.